The first kappa shape index (κ1) is 15.6. The number of anilines is 1. The van der Waals surface area contributed by atoms with Crippen molar-refractivity contribution in [3.63, 3.8) is 0 Å². The molecule has 0 spiro atoms. The molecule has 2 aromatic rings. The van der Waals surface area contributed by atoms with Gasteiger partial charge in [0.2, 0.25) is 5.91 Å². The van der Waals surface area contributed by atoms with Crippen molar-refractivity contribution >= 4 is 22.9 Å². The van der Waals surface area contributed by atoms with Crippen molar-refractivity contribution in [2.75, 3.05) is 32.1 Å². The van der Waals surface area contributed by atoms with Crippen LogP contribution in [0.1, 0.15) is 5.01 Å². The summed E-state index contributed by atoms with van der Waals surface area (Å²) in [6.45, 7) is 3.49. The third-order valence-corrected chi connectivity index (χ3v) is 3.60. The standard InChI is InChI=1S/C15H19N3O2S/c1-11-17-14(10-21-11)12-4-3-5-13(8-12)18-15(19)9-16-6-7-20-2/h3-5,8,10,16H,6-7,9H2,1-2H3,(H,18,19). The molecule has 0 radical (unpaired) electrons. The van der Waals surface area contributed by atoms with Crippen LogP contribution < -0.4 is 10.6 Å². The lowest BCUT2D eigenvalue weighted by atomic mass is 10.1. The molecule has 0 fully saturated rings. The van der Waals surface area contributed by atoms with Gasteiger partial charge in [-0.05, 0) is 19.1 Å². The number of rotatable bonds is 7. The van der Waals surface area contributed by atoms with Gasteiger partial charge in [0.05, 0.1) is 23.9 Å². The molecule has 1 amide bonds. The lowest BCUT2D eigenvalue weighted by Gasteiger charge is -2.07. The van der Waals surface area contributed by atoms with E-state index < -0.39 is 0 Å². The normalized spacial score (nSPS) is 10.6. The van der Waals surface area contributed by atoms with Gasteiger partial charge in [0.1, 0.15) is 0 Å². The van der Waals surface area contributed by atoms with E-state index in [1.54, 1.807) is 18.4 Å². The average Bonchev–Trinajstić information content (AvgIpc) is 2.91. The minimum absolute atomic E-state index is 0.0716. The van der Waals surface area contributed by atoms with Gasteiger partial charge in [-0.3, -0.25) is 4.79 Å². The first-order valence-corrected chi connectivity index (χ1v) is 7.59. The molecule has 1 heterocycles. The number of aryl methyl sites for hydroxylation is 1. The van der Waals surface area contributed by atoms with E-state index in [2.05, 4.69) is 15.6 Å². The van der Waals surface area contributed by atoms with Gasteiger partial charge in [0.15, 0.2) is 0 Å². The summed E-state index contributed by atoms with van der Waals surface area (Å²) in [5.41, 5.74) is 2.72. The number of hydrogen-bond donors (Lipinski definition) is 2. The molecular weight excluding hydrogens is 286 g/mol. The van der Waals surface area contributed by atoms with Crippen molar-refractivity contribution in [3.8, 4) is 11.3 Å². The molecule has 0 aliphatic rings. The van der Waals surface area contributed by atoms with Gasteiger partial charge >= 0.3 is 0 Å². The molecule has 2 rings (SSSR count). The zero-order valence-corrected chi connectivity index (χ0v) is 13.0. The van der Waals surface area contributed by atoms with Crippen molar-refractivity contribution in [2.45, 2.75) is 6.92 Å². The maximum absolute atomic E-state index is 11.8. The Bertz CT molecular complexity index is 598. The molecule has 1 aromatic carbocycles. The molecular formula is C15H19N3O2S. The molecule has 112 valence electrons. The molecule has 0 bridgehead atoms. The molecule has 0 aliphatic heterocycles. The molecule has 0 saturated heterocycles. The van der Waals surface area contributed by atoms with Crippen LogP contribution in [0.15, 0.2) is 29.6 Å². The second kappa shape index (κ2) is 7.87. The third kappa shape index (κ3) is 4.93. The third-order valence-electron chi connectivity index (χ3n) is 2.83. The highest BCUT2D eigenvalue weighted by molar-refractivity contribution is 7.09. The summed E-state index contributed by atoms with van der Waals surface area (Å²) in [5.74, 6) is -0.0716. The van der Waals surface area contributed by atoms with Crippen molar-refractivity contribution < 1.29 is 9.53 Å². The summed E-state index contributed by atoms with van der Waals surface area (Å²) in [4.78, 5) is 16.3. The maximum atomic E-state index is 11.8. The van der Waals surface area contributed by atoms with Crippen LogP contribution in [0, 0.1) is 6.92 Å². The van der Waals surface area contributed by atoms with Crippen LogP contribution in [0.25, 0.3) is 11.3 Å². The monoisotopic (exact) mass is 305 g/mol. The number of carbonyl (C=O) groups excluding carboxylic acids is 1. The van der Waals surface area contributed by atoms with E-state index in [1.807, 2.05) is 36.6 Å². The second-order valence-electron chi connectivity index (χ2n) is 4.55. The van der Waals surface area contributed by atoms with Gasteiger partial charge in [-0.1, -0.05) is 12.1 Å². The Morgan fingerprint density at radius 3 is 3.00 bits per heavy atom. The summed E-state index contributed by atoms with van der Waals surface area (Å²) in [6, 6.07) is 7.70. The summed E-state index contributed by atoms with van der Waals surface area (Å²) >= 11 is 1.61. The lowest BCUT2D eigenvalue weighted by molar-refractivity contribution is -0.115. The molecule has 0 unspecified atom stereocenters. The minimum atomic E-state index is -0.0716. The Morgan fingerprint density at radius 2 is 2.29 bits per heavy atom. The molecule has 0 aliphatic carbocycles. The van der Waals surface area contributed by atoms with Gasteiger partial charge in [-0.2, -0.15) is 0 Å². The summed E-state index contributed by atoms with van der Waals surface area (Å²) < 4.78 is 4.91. The Kier molecular flexibility index (Phi) is 5.86. The quantitative estimate of drug-likeness (QED) is 0.771. The Balaban J connectivity index is 1.93. The highest BCUT2D eigenvalue weighted by Gasteiger charge is 2.05. The van der Waals surface area contributed by atoms with Gasteiger partial charge in [0.25, 0.3) is 0 Å². The summed E-state index contributed by atoms with van der Waals surface area (Å²) in [6.07, 6.45) is 0. The van der Waals surface area contributed by atoms with Crippen LogP contribution in [-0.2, 0) is 9.53 Å². The number of methoxy groups -OCH3 is 1. The molecule has 0 atom stereocenters. The largest absolute Gasteiger partial charge is 0.383 e. The minimum Gasteiger partial charge on any atom is -0.383 e. The van der Waals surface area contributed by atoms with Crippen molar-refractivity contribution in [2.24, 2.45) is 0 Å². The second-order valence-corrected chi connectivity index (χ2v) is 5.61. The van der Waals surface area contributed by atoms with Crippen LogP contribution >= 0.6 is 11.3 Å². The Hall–Kier alpha value is -1.76. The van der Waals surface area contributed by atoms with Gasteiger partial charge in [-0.25, -0.2) is 4.98 Å². The van der Waals surface area contributed by atoms with E-state index in [0.29, 0.717) is 13.2 Å². The number of amides is 1. The molecule has 2 N–H and O–H groups in total. The van der Waals surface area contributed by atoms with Gasteiger partial charge < -0.3 is 15.4 Å². The van der Waals surface area contributed by atoms with E-state index in [-0.39, 0.29) is 12.5 Å². The Labute approximate surface area is 128 Å². The van der Waals surface area contributed by atoms with Crippen LogP contribution in [0.2, 0.25) is 0 Å². The van der Waals surface area contributed by atoms with Crippen LogP contribution in [0.4, 0.5) is 5.69 Å². The van der Waals surface area contributed by atoms with E-state index >= 15 is 0 Å². The molecule has 6 heteroatoms. The smallest absolute Gasteiger partial charge is 0.238 e. The van der Waals surface area contributed by atoms with Crippen molar-refractivity contribution in [3.05, 3.63) is 34.7 Å². The highest BCUT2D eigenvalue weighted by atomic mass is 32.1. The first-order valence-electron chi connectivity index (χ1n) is 6.71. The predicted octanol–water partition coefficient (Wildman–Crippen LogP) is 2.29. The molecule has 0 saturated carbocycles. The van der Waals surface area contributed by atoms with Gasteiger partial charge in [0, 0.05) is 30.3 Å². The fourth-order valence-corrected chi connectivity index (χ4v) is 2.46. The topological polar surface area (TPSA) is 63.2 Å². The van der Waals surface area contributed by atoms with E-state index in [4.69, 9.17) is 4.74 Å². The SMILES string of the molecule is COCCNCC(=O)Nc1cccc(-c2csc(C)n2)c1. The molecule has 1 aromatic heterocycles. The fourth-order valence-electron chi connectivity index (χ4n) is 1.83. The van der Waals surface area contributed by atoms with Crippen molar-refractivity contribution in [1.29, 1.82) is 0 Å². The number of carbonyl (C=O) groups is 1. The van der Waals surface area contributed by atoms with Crippen LogP contribution in [0.5, 0.6) is 0 Å². The zero-order valence-electron chi connectivity index (χ0n) is 12.2. The van der Waals surface area contributed by atoms with Gasteiger partial charge in [-0.15, -0.1) is 11.3 Å². The summed E-state index contributed by atoms with van der Waals surface area (Å²) in [5, 5.41) is 8.92. The number of ether oxygens (including phenoxy) is 1. The molecule has 5 nitrogen and oxygen atoms in total. The highest BCUT2D eigenvalue weighted by Crippen LogP contribution is 2.24. The number of nitrogens with one attached hydrogen (secondary N) is 2. The van der Waals surface area contributed by atoms with E-state index in [9.17, 15) is 4.79 Å². The van der Waals surface area contributed by atoms with Crippen LogP contribution in [-0.4, -0.2) is 37.7 Å². The fraction of sp³-hybridized carbons (Fsp3) is 0.333. The number of benzene rings is 1. The number of thiazole rings is 1. The van der Waals surface area contributed by atoms with Crippen molar-refractivity contribution in [1.82, 2.24) is 10.3 Å². The number of nitrogens with zero attached hydrogens (tertiary/aromatic N) is 1. The number of hydrogen-bond acceptors (Lipinski definition) is 5. The molecule has 21 heavy (non-hydrogen) atoms. The zero-order chi connectivity index (χ0) is 15.1. The van der Waals surface area contributed by atoms with E-state index in [0.717, 1.165) is 22.0 Å². The van der Waals surface area contributed by atoms with E-state index in [1.165, 1.54) is 0 Å². The van der Waals surface area contributed by atoms with Crippen LogP contribution in [0.3, 0.4) is 0 Å². The average molecular weight is 305 g/mol. The summed E-state index contributed by atoms with van der Waals surface area (Å²) in [7, 11) is 1.63. The lowest BCUT2D eigenvalue weighted by Crippen LogP contribution is -2.30. The first-order chi connectivity index (χ1) is 10.2. The predicted molar refractivity (Wildman–Crippen MR) is 85.7 cm³/mol. The number of aromatic nitrogens is 1. The Morgan fingerprint density at radius 1 is 1.43 bits per heavy atom. The maximum Gasteiger partial charge on any atom is 0.238 e.